The van der Waals surface area contributed by atoms with Gasteiger partial charge in [0.05, 0.1) is 0 Å². The summed E-state index contributed by atoms with van der Waals surface area (Å²) in [4.78, 5) is 23.0. The van der Waals surface area contributed by atoms with E-state index >= 15 is 0 Å². The van der Waals surface area contributed by atoms with Crippen molar-refractivity contribution in [2.24, 2.45) is 5.92 Å². The van der Waals surface area contributed by atoms with Gasteiger partial charge in [0.15, 0.2) is 0 Å². The lowest BCUT2D eigenvalue weighted by Crippen LogP contribution is -2.43. The van der Waals surface area contributed by atoms with Crippen LogP contribution >= 0.6 is 0 Å². The highest BCUT2D eigenvalue weighted by molar-refractivity contribution is 5.92. The molecule has 0 aliphatic rings. The number of benzene rings is 1. The van der Waals surface area contributed by atoms with Gasteiger partial charge in [0, 0.05) is 5.69 Å². The van der Waals surface area contributed by atoms with Crippen LogP contribution in [0, 0.1) is 19.8 Å². The Morgan fingerprint density at radius 1 is 1.25 bits per heavy atom. The zero-order chi connectivity index (χ0) is 15.3. The maximum atomic E-state index is 11.9. The average Bonchev–Trinajstić information content (AvgIpc) is 2.31. The number of rotatable bonds is 5. The SMILES string of the molecule is Cc1ccc(NC(=O)N[C@@H](CC(C)C)C(=O)O)c(C)c1. The van der Waals surface area contributed by atoms with Crippen LogP contribution in [0.25, 0.3) is 0 Å². The van der Waals surface area contributed by atoms with Gasteiger partial charge in [0.25, 0.3) is 0 Å². The quantitative estimate of drug-likeness (QED) is 0.775. The maximum Gasteiger partial charge on any atom is 0.326 e. The fourth-order valence-corrected chi connectivity index (χ4v) is 1.96. The van der Waals surface area contributed by atoms with E-state index < -0.39 is 18.0 Å². The predicted molar refractivity (Wildman–Crippen MR) is 78.9 cm³/mol. The van der Waals surface area contributed by atoms with Crippen molar-refractivity contribution >= 4 is 17.7 Å². The fraction of sp³-hybridized carbons (Fsp3) is 0.467. The number of carboxylic acid groups (broad SMARTS) is 1. The summed E-state index contributed by atoms with van der Waals surface area (Å²) in [5.41, 5.74) is 2.73. The maximum absolute atomic E-state index is 11.9. The Hall–Kier alpha value is -2.04. The lowest BCUT2D eigenvalue weighted by atomic mass is 10.0. The summed E-state index contributed by atoms with van der Waals surface area (Å²) < 4.78 is 0. The Balaban J connectivity index is 2.68. The van der Waals surface area contributed by atoms with Gasteiger partial charge in [0.2, 0.25) is 0 Å². The van der Waals surface area contributed by atoms with Crippen LogP contribution in [-0.4, -0.2) is 23.1 Å². The third kappa shape index (κ3) is 4.91. The average molecular weight is 278 g/mol. The molecule has 110 valence electrons. The van der Waals surface area contributed by atoms with Crippen LogP contribution < -0.4 is 10.6 Å². The molecule has 0 aliphatic carbocycles. The second kappa shape index (κ2) is 6.93. The van der Waals surface area contributed by atoms with Crippen LogP contribution in [0.15, 0.2) is 18.2 Å². The first-order chi connectivity index (χ1) is 9.29. The molecule has 0 fully saturated rings. The van der Waals surface area contributed by atoms with Gasteiger partial charge in [-0.25, -0.2) is 9.59 Å². The molecule has 1 aromatic carbocycles. The summed E-state index contributed by atoms with van der Waals surface area (Å²) >= 11 is 0. The zero-order valence-corrected chi connectivity index (χ0v) is 12.4. The second-order valence-corrected chi connectivity index (χ2v) is 5.44. The number of nitrogens with one attached hydrogen (secondary N) is 2. The van der Waals surface area contributed by atoms with E-state index in [-0.39, 0.29) is 5.92 Å². The van der Waals surface area contributed by atoms with Crippen molar-refractivity contribution in [2.45, 2.75) is 40.2 Å². The zero-order valence-electron chi connectivity index (χ0n) is 12.4. The van der Waals surface area contributed by atoms with Crippen molar-refractivity contribution in [1.29, 1.82) is 0 Å². The van der Waals surface area contributed by atoms with Crippen molar-refractivity contribution in [3.05, 3.63) is 29.3 Å². The van der Waals surface area contributed by atoms with Gasteiger partial charge in [0.1, 0.15) is 6.04 Å². The Morgan fingerprint density at radius 3 is 2.40 bits per heavy atom. The summed E-state index contributed by atoms with van der Waals surface area (Å²) in [5, 5.41) is 14.3. The normalized spacial score (nSPS) is 12.1. The van der Waals surface area contributed by atoms with Gasteiger partial charge in [-0.2, -0.15) is 0 Å². The molecule has 0 aromatic heterocycles. The van der Waals surface area contributed by atoms with Crippen molar-refractivity contribution in [3.63, 3.8) is 0 Å². The number of aryl methyl sites for hydroxylation is 2. The Bertz CT molecular complexity index is 498. The molecule has 0 spiro atoms. The number of amides is 2. The second-order valence-electron chi connectivity index (χ2n) is 5.44. The van der Waals surface area contributed by atoms with Crippen molar-refractivity contribution in [2.75, 3.05) is 5.32 Å². The van der Waals surface area contributed by atoms with Gasteiger partial charge in [-0.15, -0.1) is 0 Å². The van der Waals surface area contributed by atoms with E-state index in [0.717, 1.165) is 11.1 Å². The number of carbonyl (C=O) groups excluding carboxylic acids is 1. The molecule has 0 aliphatic heterocycles. The van der Waals surface area contributed by atoms with E-state index in [1.807, 2.05) is 45.9 Å². The molecule has 20 heavy (non-hydrogen) atoms. The van der Waals surface area contributed by atoms with E-state index in [0.29, 0.717) is 12.1 Å². The highest BCUT2D eigenvalue weighted by atomic mass is 16.4. The van der Waals surface area contributed by atoms with Gasteiger partial charge >= 0.3 is 12.0 Å². The largest absolute Gasteiger partial charge is 0.480 e. The summed E-state index contributed by atoms with van der Waals surface area (Å²) in [5.74, 6) is -0.827. The number of anilines is 1. The first-order valence-corrected chi connectivity index (χ1v) is 6.67. The summed E-state index contributed by atoms with van der Waals surface area (Å²) in [6.45, 7) is 7.70. The molecule has 0 heterocycles. The molecule has 0 unspecified atom stereocenters. The van der Waals surface area contributed by atoms with E-state index in [1.54, 1.807) is 0 Å². The lowest BCUT2D eigenvalue weighted by molar-refractivity contribution is -0.139. The smallest absolute Gasteiger partial charge is 0.326 e. The monoisotopic (exact) mass is 278 g/mol. The molecule has 0 saturated heterocycles. The van der Waals surface area contributed by atoms with Crippen LogP contribution in [0.3, 0.4) is 0 Å². The topological polar surface area (TPSA) is 78.4 Å². The number of hydrogen-bond acceptors (Lipinski definition) is 2. The molecule has 5 heteroatoms. The van der Waals surface area contributed by atoms with E-state index in [2.05, 4.69) is 10.6 Å². The van der Waals surface area contributed by atoms with Crippen molar-refractivity contribution in [3.8, 4) is 0 Å². The number of aliphatic carboxylic acids is 1. The van der Waals surface area contributed by atoms with Crippen LogP contribution in [0.1, 0.15) is 31.4 Å². The van der Waals surface area contributed by atoms with Gasteiger partial charge in [-0.05, 0) is 37.8 Å². The molecule has 3 N–H and O–H groups in total. The molecule has 0 saturated carbocycles. The third-order valence-electron chi connectivity index (χ3n) is 2.94. The van der Waals surface area contributed by atoms with Gasteiger partial charge in [-0.3, -0.25) is 0 Å². The molecule has 2 amide bonds. The first kappa shape index (κ1) is 16.0. The van der Waals surface area contributed by atoms with Crippen LogP contribution in [0.4, 0.5) is 10.5 Å². The minimum absolute atomic E-state index is 0.192. The fourth-order valence-electron chi connectivity index (χ4n) is 1.96. The van der Waals surface area contributed by atoms with Crippen molar-refractivity contribution in [1.82, 2.24) is 5.32 Å². The van der Waals surface area contributed by atoms with E-state index in [4.69, 9.17) is 5.11 Å². The van der Waals surface area contributed by atoms with Crippen LogP contribution in [0.5, 0.6) is 0 Å². The first-order valence-electron chi connectivity index (χ1n) is 6.67. The number of carboxylic acids is 1. The molecule has 0 radical (unpaired) electrons. The third-order valence-corrected chi connectivity index (χ3v) is 2.94. The minimum Gasteiger partial charge on any atom is -0.480 e. The summed E-state index contributed by atoms with van der Waals surface area (Å²) in [7, 11) is 0. The Kier molecular flexibility index (Phi) is 5.55. The lowest BCUT2D eigenvalue weighted by Gasteiger charge is -2.17. The van der Waals surface area contributed by atoms with Crippen LogP contribution in [-0.2, 0) is 4.79 Å². The molecular weight excluding hydrogens is 256 g/mol. The molecule has 1 aromatic rings. The molecule has 5 nitrogen and oxygen atoms in total. The van der Waals surface area contributed by atoms with Gasteiger partial charge in [-0.1, -0.05) is 31.5 Å². The highest BCUT2D eigenvalue weighted by Gasteiger charge is 2.21. The van der Waals surface area contributed by atoms with Crippen molar-refractivity contribution < 1.29 is 14.7 Å². The molecule has 1 atom stereocenters. The standard InChI is InChI=1S/C15H22N2O3/c1-9(2)7-13(14(18)19)17-15(20)16-12-6-5-10(3)8-11(12)4/h5-6,8-9,13H,7H2,1-4H3,(H,18,19)(H2,16,17,20)/t13-/m0/s1. The highest BCUT2D eigenvalue weighted by Crippen LogP contribution is 2.16. The van der Waals surface area contributed by atoms with Gasteiger partial charge < -0.3 is 15.7 Å². The summed E-state index contributed by atoms with van der Waals surface area (Å²) in [6, 6.07) is 4.29. The molecule has 0 bridgehead atoms. The number of carbonyl (C=O) groups is 2. The predicted octanol–water partition coefficient (Wildman–Crippen LogP) is 2.92. The number of hydrogen-bond donors (Lipinski definition) is 3. The molecule has 1 rings (SSSR count). The van der Waals surface area contributed by atoms with E-state index in [1.165, 1.54) is 0 Å². The van der Waals surface area contributed by atoms with Crippen LogP contribution in [0.2, 0.25) is 0 Å². The Labute approximate surface area is 119 Å². The number of urea groups is 1. The summed E-state index contributed by atoms with van der Waals surface area (Å²) in [6.07, 6.45) is 0.398. The minimum atomic E-state index is -1.02. The van der Waals surface area contributed by atoms with E-state index in [9.17, 15) is 9.59 Å². The molecular formula is C15H22N2O3. The Morgan fingerprint density at radius 2 is 1.90 bits per heavy atom.